The number of hydrogen-bond acceptors (Lipinski definition) is 8. The van der Waals surface area contributed by atoms with Crippen LogP contribution in [0, 0.1) is 11.6 Å². The second-order valence-electron chi connectivity index (χ2n) is 7.47. The summed E-state index contributed by atoms with van der Waals surface area (Å²) in [5, 5.41) is 17.5. The lowest BCUT2D eigenvalue weighted by molar-refractivity contribution is 0.0990. The lowest BCUT2D eigenvalue weighted by atomic mass is 10.1. The molecular weight excluding hydrogens is 436 g/mol. The number of nitrogens with two attached hydrogens (primary N) is 1. The van der Waals surface area contributed by atoms with E-state index in [-0.39, 0.29) is 42.0 Å². The van der Waals surface area contributed by atoms with Crippen LogP contribution in [0.25, 0.3) is 11.5 Å². The minimum Gasteiger partial charge on any atom is -0.491 e. The second kappa shape index (κ2) is 7.97. The summed E-state index contributed by atoms with van der Waals surface area (Å²) in [5.41, 5.74) is 6.58. The standard InChI is InChI=1S/C21H17F2N7O3/c22-13-4-2-1-3-11(13)9-30-16(18(24)31)7-15(27-30)19-25-8-14(23)20(26-19)29-6-5-12-17(10-29)33-28-21(12)32/h1-4,7-8H,5-6,9-10H2,(H2,24,31)(H,28,32). The Morgan fingerprint density at radius 1 is 1.24 bits per heavy atom. The number of carbonyl (C=O) groups is 1. The molecule has 4 aromatic rings. The van der Waals surface area contributed by atoms with E-state index in [9.17, 15) is 18.7 Å². The predicted molar refractivity (Wildman–Crippen MR) is 110 cm³/mol. The molecule has 3 N–H and O–H groups in total. The van der Waals surface area contributed by atoms with Gasteiger partial charge in [-0.05, 0) is 17.6 Å². The third-order valence-electron chi connectivity index (χ3n) is 5.38. The highest BCUT2D eigenvalue weighted by Gasteiger charge is 2.27. The van der Waals surface area contributed by atoms with E-state index in [4.69, 9.17) is 10.3 Å². The third-order valence-corrected chi connectivity index (χ3v) is 5.38. The first-order valence-corrected chi connectivity index (χ1v) is 9.96. The van der Waals surface area contributed by atoms with Gasteiger partial charge in [0, 0.05) is 18.2 Å². The molecule has 3 aromatic heterocycles. The van der Waals surface area contributed by atoms with Crippen molar-refractivity contribution >= 4 is 11.7 Å². The Morgan fingerprint density at radius 3 is 2.85 bits per heavy atom. The minimum atomic E-state index is -0.763. The highest BCUT2D eigenvalue weighted by Crippen LogP contribution is 2.30. The number of primary amides is 1. The summed E-state index contributed by atoms with van der Waals surface area (Å²) in [4.78, 5) is 21.9. The molecule has 0 aliphatic carbocycles. The lowest BCUT2D eigenvalue weighted by Crippen LogP contribution is -2.31. The van der Waals surface area contributed by atoms with Crippen molar-refractivity contribution in [3.63, 3.8) is 0 Å². The largest absolute Gasteiger partial charge is 0.491 e. The monoisotopic (exact) mass is 453 g/mol. The molecule has 0 atom stereocenters. The van der Waals surface area contributed by atoms with Crippen LogP contribution in [0.4, 0.5) is 14.6 Å². The second-order valence-corrected chi connectivity index (χ2v) is 7.47. The summed E-state index contributed by atoms with van der Waals surface area (Å²) in [7, 11) is 0. The molecule has 1 aliphatic rings. The van der Waals surface area contributed by atoms with Crippen molar-refractivity contribution in [2.24, 2.45) is 5.73 Å². The Hall–Kier alpha value is -4.35. The van der Waals surface area contributed by atoms with Gasteiger partial charge in [-0.15, -0.1) is 0 Å². The number of halogens is 2. The molecule has 0 unspecified atom stereocenters. The van der Waals surface area contributed by atoms with E-state index in [1.54, 1.807) is 23.1 Å². The molecule has 0 spiro atoms. The summed E-state index contributed by atoms with van der Waals surface area (Å²) in [6, 6.07) is 7.47. The summed E-state index contributed by atoms with van der Waals surface area (Å²) in [5.74, 6) is -1.56. The van der Waals surface area contributed by atoms with E-state index >= 15 is 0 Å². The molecule has 5 rings (SSSR count). The number of aromatic hydroxyl groups is 1. The predicted octanol–water partition coefficient (Wildman–Crippen LogP) is 2.02. The van der Waals surface area contributed by atoms with E-state index < -0.39 is 17.5 Å². The Balaban J connectivity index is 1.49. The number of carbonyl (C=O) groups excluding carboxylic acids is 1. The average Bonchev–Trinajstić information content (AvgIpc) is 3.39. The van der Waals surface area contributed by atoms with Crippen LogP contribution in [0.3, 0.4) is 0 Å². The SMILES string of the molecule is NC(=O)c1cc(-c2ncc(F)c(N3CCc4c(O)noc4C3)n2)nn1Cc1ccccc1F. The van der Waals surface area contributed by atoms with E-state index in [2.05, 4.69) is 20.2 Å². The zero-order valence-corrected chi connectivity index (χ0v) is 17.1. The van der Waals surface area contributed by atoms with Gasteiger partial charge in [0.2, 0.25) is 0 Å². The van der Waals surface area contributed by atoms with Gasteiger partial charge in [0.05, 0.1) is 24.8 Å². The normalized spacial score (nSPS) is 13.2. The van der Waals surface area contributed by atoms with Crippen molar-refractivity contribution in [3.05, 3.63) is 70.7 Å². The van der Waals surface area contributed by atoms with Gasteiger partial charge in [0.25, 0.3) is 11.8 Å². The van der Waals surface area contributed by atoms with Crippen LogP contribution in [-0.4, -0.2) is 42.5 Å². The van der Waals surface area contributed by atoms with Crippen molar-refractivity contribution in [1.29, 1.82) is 0 Å². The topological polar surface area (TPSA) is 136 Å². The molecule has 4 heterocycles. The van der Waals surface area contributed by atoms with Gasteiger partial charge in [-0.1, -0.05) is 18.2 Å². The van der Waals surface area contributed by atoms with Crippen LogP contribution in [0.5, 0.6) is 5.88 Å². The van der Waals surface area contributed by atoms with Crippen molar-refractivity contribution in [2.75, 3.05) is 11.4 Å². The Labute approximate surface area is 185 Å². The highest BCUT2D eigenvalue weighted by molar-refractivity contribution is 5.92. The van der Waals surface area contributed by atoms with Gasteiger partial charge >= 0.3 is 0 Å². The molecule has 1 amide bonds. The molecule has 168 valence electrons. The number of amides is 1. The summed E-state index contributed by atoms with van der Waals surface area (Å²) in [6.07, 6.45) is 1.40. The maximum absolute atomic E-state index is 14.6. The van der Waals surface area contributed by atoms with Gasteiger partial charge in [-0.25, -0.2) is 18.7 Å². The van der Waals surface area contributed by atoms with Crippen molar-refractivity contribution in [1.82, 2.24) is 24.9 Å². The molecule has 0 fully saturated rings. The molecule has 1 aromatic carbocycles. The fourth-order valence-electron chi connectivity index (χ4n) is 3.72. The van der Waals surface area contributed by atoms with Gasteiger partial charge in [0.1, 0.15) is 17.2 Å². The van der Waals surface area contributed by atoms with Crippen LogP contribution in [-0.2, 0) is 19.5 Å². The molecule has 33 heavy (non-hydrogen) atoms. The Morgan fingerprint density at radius 2 is 2.06 bits per heavy atom. The zero-order valence-electron chi connectivity index (χ0n) is 17.1. The zero-order chi connectivity index (χ0) is 23.1. The number of aromatic nitrogens is 5. The van der Waals surface area contributed by atoms with Crippen LogP contribution in [0.15, 0.2) is 41.1 Å². The molecule has 0 bridgehead atoms. The van der Waals surface area contributed by atoms with E-state index in [1.807, 2.05) is 0 Å². The van der Waals surface area contributed by atoms with E-state index in [0.717, 1.165) is 6.20 Å². The number of nitrogens with zero attached hydrogens (tertiary/aromatic N) is 6. The number of benzene rings is 1. The van der Waals surface area contributed by atoms with Gasteiger partial charge < -0.3 is 20.3 Å². The molecule has 0 saturated carbocycles. The fraction of sp³-hybridized carbons (Fsp3) is 0.190. The Kier molecular flexibility index (Phi) is 4.96. The quantitative estimate of drug-likeness (QED) is 0.468. The van der Waals surface area contributed by atoms with Crippen LogP contribution < -0.4 is 10.6 Å². The molecule has 0 saturated heterocycles. The first-order chi connectivity index (χ1) is 15.9. The van der Waals surface area contributed by atoms with E-state index in [0.29, 0.717) is 29.9 Å². The third kappa shape index (κ3) is 3.75. The van der Waals surface area contributed by atoms with Crippen LogP contribution in [0.1, 0.15) is 27.4 Å². The van der Waals surface area contributed by atoms with Gasteiger partial charge in [0.15, 0.2) is 23.2 Å². The van der Waals surface area contributed by atoms with E-state index in [1.165, 1.54) is 16.8 Å². The highest BCUT2D eigenvalue weighted by atomic mass is 19.1. The van der Waals surface area contributed by atoms with Crippen LogP contribution in [0.2, 0.25) is 0 Å². The molecule has 10 nitrogen and oxygen atoms in total. The fourth-order valence-corrected chi connectivity index (χ4v) is 3.72. The summed E-state index contributed by atoms with van der Waals surface area (Å²) >= 11 is 0. The van der Waals surface area contributed by atoms with Crippen LogP contribution >= 0.6 is 0 Å². The van der Waals surface area contributed by atoms with Gasteiger partial charge in [-0.3, -0.25) is 9.48 Å². The van der Waals surface area contributed by atoms with Crippen molar-refractivity contribution < 1.29 is 23.2 Å². The molecule has 1 aliphatic heterocycles. The molecular formula is C21H17F2N7O3. The number of rotatable bonds is 5. The average molecular weight is 453 g/mol. The van der Waals surface area contributed by atoms with Crippen molar-refractivity contribution in [3.8, 4) is 17.4 Å². The maximum Gasteiger partial charge on any atom is 0.267 e. The summed E-state index contributed by atoms with van der Waals surface area (Å²) in [6.45, 7) is 0.483. The number of hydrogen-bond donors (Lipinski definition) is 2. The summed E-state index contributed by atoms with van der Waals surface area (Å²) < 4.78 is 35.0. The van der Waals surface area contributed by atoms with Gasteiger partial charge in [-0.2, -0.15) is 5.10 Å². The smallest absolute Gasteiger partial charge is 0.267 e. The number of fused-ring (bicyclic) bond motifs is 1. The molecule has 12 heteroatoms. The lowest BCUT2D eigenvalue weighted by Gasteiger charge is -2.26. The first kappa shape index (κ1) is 20.5. The molecule has 0 radical (unpaired) electrons. The first-order valence-electron chi connectivity index (χ1n) is 9.96. The van der Waals surface area contributed by atoms with Crippen molar-refractivity contribution in [2.45, 2.75) is 19.5 Å². The minimum absolute atomic E-state index is 0.00539. The Bertz CT molecular complexity index is 1370. The number of anilines is 1. The maximum atomic E-state index is 14.6.